The number of carbonyl (C=O) groups is 1. The minimum Gasteiger partial charge on any atom is -0.357 e. The molecule has 1 heterocycles. The number of benzene rings is 1. The molecule has 1 aromatic rings. The van der Waals surface area contributed by atoms with Gasteiger partial charge >= 0.3 is 0 Å². The first-order valence-electron chi connectivity index (χ1n) is 11.4. The molecule has 0 spiro atoms. The van der Waals surface area contributed by atoms with Crippen molar-refractivity contribution >= 4 is 17.6 Å². The number of nitrogens with one attached hydrogen (secondary N) is 3. The molecule has 1 saturated heterocycles. The quantitative estimate of drug-likeness (QED) is 0.463. The van der Waals surface area contributed by atoms with Crippen LogP contribution in [0.5, 0.6) is 0 Å². The number of likely N-dealkylation sites (N-methyl/N-ethyl adjacent to an activating group) is 1. The van der Waals surface area contributed by atoms with Gasteiger partial charge in [0, 0.05) is 30.7 Å². The lowest BCUT2D eigenvalue weighted by Crippen LogP contribution is -2.44. The van der Waals surface area contributed by atoms with E-state index in [1.165, 1.54) is 32.2 Å². The fraction of sp³-hybridized carbons (Fsp3) is 0.652. The summed E-state index contributed by atoms with van der Waals surface area (Å²) in [5.74, 6) is 1.20. The summed E-state index contributed by atoms with van der Waals surface area (Å²) in [4.78, 5) is 19.7. The highest BCUT2D eigenvalue weighted by Gasteiger charge is 2.23. The Kier molecular flexibility index (Phi) is 8.35. The third kappa shape index (κ3) is 6.46. The maximum Gasteiger partial charge on any atom is 0.227 e. The first kappa shape index (κ1) is 21.6. The zero-order valence-electron chi connectivity index (χ0n) is 18.0. The van der Waals surface area contributed by atoms with Gasteiger partial charge in [-0.3, -0.25) is 9.69 Å². The highest BCUT2D eigenvalue weighted by atomic mass is 16.1. The molecule has 1 amide bonds. The second kappa shape index (κ2) is 11.2. The highest BCUT2D eigenvalue weighted by molar-refractivity contribution is 5.92. The molecule has 160 valence electrons. The van der Waals surface area contributed by atoms with Crippen molar-refractivity contribution in [2.45, 2.75) is 65.0 Å². The SMILES string of the molecule is CCNC(=NCc1cccc(NC(=O)C2CCCC2)c1)NCC1CCCN1CC. The summed E-state index contributed by atoms with van der Waals surface area (Å²) in [7, 11) is 0. The van der Waals surface area contributed by atoms with Crippen molar-refractivity contribution in [2.75, 3.05) is 31.5 Å². The Morgan fingerprint density at radius 2 is 1.97 bits per heavy atom. The van der Waals surface area contributed by atoms with Crippen molar-refractivity contribution in [2.24, 2.45) is 10.9 Å². The molecule has 1 aromatic carbocycles. The lowest BCUT2D eigenvalue weighted by atomic mass is 10.1. The predicted molar refractivity (Wildman–Crippen MR) is 120 cm³/mol. The molecule has 29 heavy (non-hydrogen) atoms. The summed E-state index contributed by atoms with van der Waals surface area (Å²) in [6.45, 7) is 8.99. The van der Waals surface area contributed by atoms with Crippen molar-refractivity contribution in [3.63, 3.8) is 0 Å². The van der Waals surface area contributed by atoms with Gasteiger partial charge in [-0.05, 0) is 63.4 Å². The molecule has 1 aliphatic heterocycles. The zero-order chi connectivity index (χ0) is 20.5. The van der Waals surface area contributed by atoms with E-state index in [1.54, 1.807) is 0 Å². The number of rotatable bonds is 8. The smallest absolute Gasteiger partial charge is 0.227 e. The van der Waals surface area contributed by atoms with Crippen LogP contribution in [-0.2, 0) is 11.3 Å². The standard InChI is InChI=1S/C23H37N5O/c1-3-24-23(26-17-21-13-8-14-28(21)4-2)25-16-18-9-7-12-20(15-18)27-22(29)19-10-5-6-11-19/h7,9,12,15,19,21H,3-6,8,10-11,13-14,16-17H2,1-2H3,(H,27,29)(H2,24,25,26). The fourth-order valence-electron chi connectivity index (χ4n) is 4.45. The number of anilines is 1. The fourth-order valence-corrected chi connectivity index (χ4v) is 4.45. The molecule has 1 atom stereocenters. The van der Waals surface area contributed by atoms with Crippen LogP contribution < -0.4 is 16.0 Å². The van der Waals surface area contributed by atoms with Crippen LogP contribution in [0.15, 0.2) is 29.3 Å². The van der Waals surface area contributed by atoms with Gasteiger partial charge in [0.15, 0.2) is 5.96 Å². The number of hydrogen-bond donors (Lipinski definition) is 3. The van der Waals surface area contributed by atoms with E-state index in [0.717, 1.165) is 49.7 Å². The number of aliphatic imine (C=N–C) groups is 1. The van der Waals surface area contributed by atoms with Gasteiger partial charge in [0.25, 0.3) is 0 Å². The molecule has 0 aromatic heterocycles. The van der Waals surface area contributed by atoms with Crippen LogP contribution in [0, 0.1) is 5.92 Å². The average Bonchev–Trinajstić information content (AvgIpc) is 3.42. The first-order valence-corrected chi connectivity index (χ1v) is 11.4. The van der Waals surface area contributed by atoms with Crippen LogP contribution in [0.3, 0.4) is 0 Å². The van der Waals surface area contributed by atoms with Crippen LogP contribution >= 0.6 is 0 Å². The van der Waals surface area contributed by atoms with E-state index >= 15 is 0 Å². The molecule has 1 aliphatic carbocycles. The molecule has 2 fully saturated rings. The Hall–Kier alpha value is -2.08. The largest absolute Gasteiger partial charge is 0.357 e. The molecule has 3 N–H and O–H groups in total. The van der Waals surface area contributed by atoms with Crippen molar-refractivity contribution in [3.8, 4) is 0 Å². The minimum atomic E-state index is 0.162. The third-order valence-corrected chi connectivity index (χ3v) is 6.09. The van der Waals surface area contributed by atoms with E-state index in [4.69, 9.17) is 4.99 Å². The van der Waals surface area contributed by atoms with Crippen LogP contribution in [-0.4, -0.2) is 49.0 Å². The molecule has 6 nitrogen and oxygen atoms in total. The number of guanidine groups is 1. The van der Waals surface area contributed by atoms with Crippen molar-refractivity contribution < 1.29 is 4.79 Å². The minimum absolute atomic E-state index is 0.162. The number of amides is 1. The zero-order valence-corrected chi connectivity index (χ0v) is 18.0. The Morgan fingerprint density at radius 3 is 2.72 bits per heavy atom. The molecule has 0 radical (unpaired) electrons. The summed E-state index contributed by atoms with van der Waals surface area (Å²) in [5.41, 5.74) is 1.97. The number of hydrogen-bond acceptors (Lipinski definition) is 3. The normalized spacial score (nSPS) is 20.8. The maximum atomic E-state index is 12.4. The van der Waals surface area contributed by atoms with Gasteiger partial charge in [0.1, 0.15) is 0 Å². The lowest BCUT2D eigenvalue weighted by molar-refractivity contribution is -0.119. The molecule has 6 heteroatoms. The van der Waals surface area contributed by atoms with Gasteiger partial charge in [0.05, 0.1) is 6.54 Å². The molecular formula is C23H37N5O. The maximum absolute atomic E-state index is 12.4. The lowest BCUT2D eigenvalue weighted by Gasteiger charge is -2.24. The van der Waals surface area contributed by atoms with Gasteiger partial charge in [0.2, 0.25) is 5.91 Å². The Balaban J connectivity index is 1.54. The van der Waals surface area contributed by atoms with Crippen LogP contribution in [0.25, 0.3) is 0 Å². The number of nitrogens with zero attached hydrogens (tertiary/aromatic N) is 2. The van der Waals surface area contributed by atoms with E-state index in [1.807, 2.05) is 18.2 Å². The average molecular weight is 400 g/mol. The van der Waals surface area contributed by atoms with E-state index < -0.39 is 0 Å². The second-order valence-corrected chi connectivity index (χ2v) is 8.17. The first-order chi connectivity index (χ1) is 14.2. The molecule has 3 rings (SSSR count). The van der Waals surface area contributed by atoms with Gasteiger partial charge in [-0.1, -0.05) is 31.9 Å². The topological polar surface area (TPSA) is 68.8 Å². The Labute approximate surface area is 175 Å². The number of likely N-dealkylation sites (tertiary alicyclic amines) is 1. The van der Waals surface area contributed by atoms with Crippen LogP contribution in [0.4, 0.5) is 5.69 Å². The number of carbonyl (C=O) groups excluding carboxylic acids is 1. The van der Waals surface area contributed by atoms with E-state index in [9.17, 15) is 4.79 Å². The van der Waals surface area contributed by atoms with Crippen molar-refractivity contribution in [1.82, 2.24) is 15.5 Å². The summed E-state index contributed by atoms with van der Waals surface area (Å²) < 4.78 is 0. The molecule has 0 bridgehead atoms. The van der Waals surface area contributed by atoms with Crippen LogP contribution in [0.2, 0.25) is 0 Å². The van der Waals surface area contributed by atoms with E-state index in [0.29, 0.717) is 12.6 Å². The highest BCUT2D eigenvalue weighted by Crippen LogP contribution is 2.26. The third-order valence-electron chi connectivity index (χ3n) is 6.09. The van der Waals surface area contributed by atoms with Crippen molar-refractivity contribution in [1.29, 1.82) is 0 Å². The second-order valence-electron chi connectivity index (χ2n) is 8.17. The summed E-state index contributed by atoms with van der Waals surface area (Å²) >= 11 is 0. The summed E-state index contributed by atoms with van der Waals surface area (Å²) in [5, 5.41) is 9.94. The summed E-state index contributed by atoms with van der Waals surface area (Å²) in [6, 6.07) is 8.65. The van der Waals surface area contributed by atoms with Gasteiger partial charge < -0.3 is 16.0 Å². The molecule has 2 aliphatic rings. The van der Waals surface area contributed by atoms with E-state index in [2.05, 4.69) is 40.8 Å². The molecular weight excluding hydrogens is 362 g/mol. The predicted octanol–water partition coefficient (Wildman–Crippen LogP) is 3.35. The van der Waals surface area contributed by atoms with Gasteiger partial charge in [-0.25, -0.2) is 4.99 Å². The van der Waals surface area contributed by atoms with Crippen molar-refractivity contribution in [3.05, 3.63) is 29.8 Å². The van der Waals surface area contributed by atoms with Crippen LogP contribution in [0.1, 0.15) is 57.9 Å². The molecule has 1 saturated carbocycles. The van der Waals surface area contributed by atoms with E-state index in [-0.39, 0.29) is 11.8 Å². The monoisotopic (exact) mass is 399 g/mol. The van der Waals surface area contributed by atoms with Gasteiger partial charge in [-0.15, -0.1) is 0 Å². The van der Waals surface area contributed by atoms with Gasteiger partial charge in [-0.2, -0.15) is 0 Å². The summed E-state index contributed by atoms with van der Waals surface area (Å²) in [6.07, 6.45) is 6.91. The Morgan fingerprint density at radius 1 is 1.14 bits per heavy atom. The molecule has 1 unspecified atom stereocenters. The Bertz CT molecular complexity index is 684.